The lowest BCUT2D eigenvalue weighted by Crippen LogP contribution is -2.47. The number of nitrogens with two attached hydrogens (primary N) is 1. The molecule has 146 valence electrons. The van der Waals surface area contributed by atoms with Crippen molar-refractivity contribution in [2.75, 3.05) is 0 Å². The number of ketones is 1. The standard InChI is InChI=1S/C16H26F3NO5/c17-16(18,19)10-11(21)8-6-4-2-1-3-5-7-9-12(22)14(23)13(20)15(24)25/h5,7,12-14,22-23H,1-4,6,8-10,20H2,(H,24,25). The Hall–Kier alpha value is -1.45. The molecule has 0 aromatic heterocycles. The number of carbonyl (C=O) groups excluding carboxylic acids is 1. The van der Waals surface area contributed by atoms with Gasteiger partial charge in [0.05, 0.1) is 6.10 Å². The van der Waals surface area contributed by atoms with E-state index in [1.165, 1.54) is 0 Å². The monoisotopic (exact) mass is 369 g/mol. The average molecular weight is 369 g/mol. The summed E-state index contributed by atoms with van der Waals surface area (Å²) in [6.45, 7) is 0. The van der Waals surface area contributed by atoms with Gasteiger partial charge in [-0.25, -0.2) is 0 Å². The van der Waals surface area contributed by atoms with Gasteiger partial charge in [-0.2, -0.15) is 13.2 Å². The van der Waals surface area contributed by atoms with E-state index < -0.39 is 42.6 Å². The maximum atomic E-state index is 11.9. The van der Waals surface area contributed by atoms with Crippen LogP contribution in [0.4, 0.5) is 13.2 Å². The molecule has 0 rings (SSSR count). The summed E-state index contributed by atoms with van der Waals surface area (Å²) in [5, 5.41) is 27.7. The summed E-state index contributed by atoms with van der Waals surface area (Å²) in [5.41, 5.74) is 5.19. The number of Topliss-reactive ketones (excluding diaryl/α,β-unsaturated/α-hetero) is 1. The molecule has 0 saturated heterocycles. The molecular weight excluding hydrogens is 343 g/mol. The second-order valence-electron chi connectivity index (χ2n) is 5.91. The van der Waals surface area contributed by atoms with Gasteiger partial charge >= 0.3 is 12.1 Å². The van der Waals surface area contributed by atoms with Gasteiger partial charge in [0.2, 0.25) is 0 Å². The fourth-order valence-corrected chi connectivity index (χ4v) is 2.13. The van der Waals surface area contributed by atoms with Crippen LogP contribution in [0.2, 0.25) is 0 Å². The van der Waals surface area contributed by atoms with Crippen molar-refractivity contribution >= 4 is 11.8 Å². The van der Waals surface area contributed by atoms with Gasteiger partial charge in [-0.1, -0.05) is 25.0 Å². The molecule has 0 radical (unpaired) electrons. The van der Waals surface area contributed by atoms with Gasteiger partial charge in [0.25, 0.3) is 0 Å². The molecule has 0 saturated carbocycles. The van der Waals surface area contributed by atoms with E-state index >= 15 is 0 Å². The maximum absolute atomic E-state index is 11.9. The number of rotatable bonds is 13. The van der Waals surface area contributed by atoms with Crippen LogP contribution in [0.25, 0.3) is 0 Å². The van der Waals surface area contributed by atoms with Crippen LogP contribution in [0.5, 0.6) is 0 Å². The van der Waals surface area contributed by atoms with Crippen molar-refractivity contribution in [2.24, 2.45) is 5.73 Å². The van der Waals surface area contributed by atoms with Crippen molar-refractivity contribution in [3.8, 4) is 0 Å². The highest BCUT2D eigenvalue weighted by molar-refractivity contribution is 5.78. The smallest absolute Gasteiger partial charge is 0.395 e. The number of carboxylic acids is 1. The number of allylic oxidation sites excluding steroid dienone is 1. The minimum Gasteiger partial charge on any atom is -0.480 e. The number of hydrogen-bond acceptors (Lipinski definition) is 5. The second-order valence-corrected chi connectivity index (χ2v) is 5.91. The van der Waals surface area contributed by atoms with Crippen LogP contribution in [0.15, 0.2) is 12.2 Å². The lowest BCUT2D eigenvalue weighted by atomic mass is 10.0. The van der Waals surface area contributed by atoms with Crippen molar-refractivity contribution in [1.82, 2.24) is 0 Å². The fourth-order valence-electron chi connectivity index (χ4n) is 2.13. The Kier molecular flexibility index (Phi) is 11.3. The molecule has 3 atom stereocenters. The van der Waals surface area contributed by atoms with E-state index in [1.54, 1.807) is 12.2 Å². The number of aliphatic hydroxyl groups excluding tert-OH is 2. The van der Waals surface area contributed by atoms with E-state index in [-0.39, 0.29) is 12.8 Å². The number of aliphatic carboxylic acids is 1. The number of aliphatic hydroxyl groups is 2. The SMILES string of the molecule is NC(C(=O)O)C(O)C(O)CC=CCCCCCCC(=O)CC(F)(F)F. The first kappa shape index (κ1) is 23.5. The molecule has 25 heavy (non-hydrogen) atoms. The lowest BCUT2D eigenvalue weighted by molar-refractivity contribution is -0.152. The second kappa shape index (κ2) is 12.0. The zero-order valence-electron chi connectivity index (χ0n) is 13.9. The largest absolute Gasteiger partial charge is 0.480 e. The quantitative estimate of drug-likeness (QED) is 0.291. The minimum atomic E-state index is -4.44. The molecular formula is C16H26F3NO5. The van der Waals surface area contributed by atoms with E-state index in [0.717, 1.165) is 12.8 Å². The predicted molar refractivity (Wildman–Crippen MR) is 84.8 cm³/mol. The van der Waals surface area contributed by atoms with Crippen LogP contribution in [0.3, 0.4) is 0 Å². The Morgan fingerprint density at radius 2 is 1.64 bits per heavy atom. The summed E-state index contributed by atoms with van der Waals surface area (Å²) >= 11 is 0. The summed E-state index contributed by atoms with van der Waals surface area (Å²) < 4.78 is 35.8. The Morgan fingerprint density at radius 1 is 1.04 bits per heavy atom. The van der Waals surface area contributed by atoms with Crippen LogP contribution < -0.4 is 5.73 Å². The number of carboxylic acid groups (broad SMARTS) is 1. The molecule has 3 unspecified atom stereocenters. The third-order valence-electron chi connectivity index (χ3n) is 3.57. The first-order chi connectivity index (χ1) is 11.5. The molecule has 0 aliphatic rings. The number of carbonyl (C=O) groups is 2. The Labute approximate surface area is 144 Å². The Bertz CT molecular complexity index is 440. The van der Waals surface area contributed by atoms with Crippen molar-refractivity contribution in [2.45, 2.75) is 75.8 Å². The van der Waals surface area contributed by atoms with Gasteiger partial charge in [-0.05, 0) is 25.7 Å². The molecule has 0 aromatic carbocycles. The van der Waals surface area contributed by atoms with E-state index in [1.807, 2.05) is 0 Å². The third kappa shape index (κ3) is 12.5. The van der Waals surface area contributed by atoms with Crippen LogP contribution in [-0.2, 0) is 9.59 Å². The van der Waals surface area contributed by atoms with Crippen LogP contribution in [-0.4, -0.2) is 51.5 Å². The van der Waals surface area contributed by atoms with Crippen molar-refractivity contribution in [3.63, 3.8) is 0 Å². The lowest BCUT2D eigenvalue weighted by Gasteiger charge is -2.19. The Morgan fingerprint density at radius 3 is 2.20 bits per heavy atom. The molecule has 6 nitrogen and oxygen atoms in total. The zero-order valence-corrected chi connectivity index (χ0v) is 13.9. The van der Waals surface area contributed by atoms with Crippen molar-refractivity contribution in [3.05, 3.63) is 12.2 Å². The highest BCUT2D eigenvalue weighted by atomic mass is 19.4. The third-order valence-corrected chi connectivity index (χ3v) is 3.57. The maximum Gasteiger partial charge on any atom is 0.395 e. The predicted octanol–water partition coefficient (Wildman–Crippen LogP) is 1.93. The molecule has 9 heteroatoms. The van der Waals surface area contributed by atoms with Crippen LogP contribution in [0, 0.1) is 0 Å². The molecule has 5 N–H and O–H groups in total. The van der Waals surface area contributed by atoms with Gasteiger partial charge in [-0.3, -0.25) is 9.59 Å². The first-order valence-corrected chi connectivity index (χ1v) is 8.12. The zero-order chi connectivity index (χ0) is 19.5. The molecule has 0 heterocycles. The summed E-state index contributed by atoms with van der Waals surface area (Å²) in [7, 11) is 0. The van der Waals surface area contributed by atoms with E-state index in [0.29, 0.717) is 19.3 Å². The van der Waals surface area contributed by atoms with Gasteiger partial charge in [0.1, 0.15) is 24.3 Å². The summed E-state index contributed by atoms with van der Waals surface area (Å²) in [5.74, 6) is -2.19. The number of alkyl halides is 3. The first-order valence-electron chi connectivity index (χ1n) is 8.12. The molecule has 0 aliphatic carbocycles. The molecule has 0 spiro atoms. The normalized spacial score (nSPS) is 15.9. The molecule has 0 amide bonds. The van der Waals surface area contributed by atoms with E-state index in [2.05, 4.69) is 0 Å². The summed E-state index contributed by atoms with van der Waals surface area (Å²) in [6, 6.07) is -1.55. The van der Waals surface area contributed by atoms with Crippen LogP contribution >= 0.6 is 0 Å². The minimum absolute atomic E-state index is 0.0636. The highest BCUT2D eigenvalue weighted by Gasteiger charge is 2.30. The van der Waals surface area contributed by atoms with Gasteiger partial charge in [0.15, 0.2) is 0 Å². The summed E-state index contributed by atoms with van der Waals surface area (Å²) in [4.78, 5) is 21.6. The van der Waals surface area contributed by atoms with E-state index in [9.17, 15) is 33.0 Å². The molecule has 0 bridgehead atoms. The van der Waals surface area contributed by atoms with Crippen LogP contribution in [0.1, 0.15) is 51.4 Å². The Balaban J connectivity index is 3.70. The fraction of sp³-hybridized carbons (Fsp3) is 0.750. The van der Waals surface area contributed by atoms with Crippen molar-refractivity contribution < 1.29 is 38.1 Å². The number of unbranched alkanes of at least 4 members (excludes halogenated alkanes) is 4. The van der Waals surface area contributed by atoms with E-state index in [4.69, 9.17) is 10.8 Å². The van der Waals surface area contributed by atoms with Gasteiger partial charge in [0, 0.05) is 6.42 Å². The molecule has 0 fully saturated rings. The highest BCUT2D eigenvalue weighted by Crippen LogP contribution is 2.21. The summed E-state index contributed by atoms with van der Waals surface area (Å²) in [6.07, 6.45) is -1.98. The topological polar surface area (TPSA) is 121 Å². The average Bonchev–Trinajstić information content (AvgIpc) is 2.49. The van der Waals surface area contributed by atoms with Gasteiger partial charge in [-0.15, -0.1) is 0 Å². The van der Waals surface area contributed by atoms with Gasteiger partial charge < -0.3 is 21.1 Å². The number of hydrogen-bond donors (Lipinski definition) is 4. The molecule has 0 aliphatic heterocycles. The number of halogens is 3. The molecule has 0 aromatic rings. The van der Waals surface area contributed by atoms with Crippen molar-refractivity contribution in [1.29, 1.82) is 0 Å².